The molecule has 2 aromatic rings. The van der Waals surface area contributed by atoms with Gasteiger partial charge in [-0.05, 0) is 24.6 Å². The molecule has 9 heteroatoms. The highest BCUT2D eigenvalue weighted by Crippen LogP contribution is 2.10. The van der Waals surface area contributed by atoms with Crippen molar-refractivity contribution in [3.05, 3.63) is 41.3 Å². The SMILES string of the molecule is Cc1cc(CNC(=O)NCc2ccnc(OCC(F)F)c2)n(C)n1. The summed E-state index contributed by atoms with van der Waals surface area (Å²) in [6, 6.07) is 4.71. The molecule has 0 fully saturated rings. The van der Waals surface area contributed by atoms with Gasteiger partial charge in [-0.25, -0.2) is 18.6 Å². The predicted octanol–water partition coefficient (Wildman–Crippen LogP) is 1.77. The highest BCUT2D eigenvalue weighted by atomic mass is 19.3. The van der Waals surface area contributed by atoms with Gasteiger partial charge >= 0.3 is 6.03 Å². The van der Waals surface area contributed by atoms with Crippen LogP contribution in [0.1, 0.15) is 17.0 Å². The molecule has 7 nitrogen and oxygen atoms in total. The van der Waals surface area contributed by atoms with E-state index in [-0.39, 0.29) is 18.5 Å². The van der Waals surface area contributed by atoms with Crippen LogP contribution in [-0.4, -0.2) is 33.8 Å². The molecular weight excluding hydrogens is 320 g/mol. The van der Waals surface area contributed by atoms with Gasteiger partial charge in [-0.1, -0.05) is 0 Å². The summed E-state index contributed by atoms with van der Waals surface area (Å²) in [7, 11) is 1.81. The van der Waals surface area contributed by atoms with Crippen LogP contribution in [0.15, 0.2) is 24.4 Å². The van der Waals surface area contributed by atoms with Crippen LogP contribution < -0.4 is 15.4 Å². The number of halogens is 2. The topological polar surface area (TPSA) is 81.1 Å². The number of alkyl halides is 2. The van der Waals surface area contributed by atoms with Crippen molar-refractivity contribution in [2.45, 2.75) is 26.4 Å². The molecule has 0 unspecified atom stereocenters. The summed E-state index contributed by atoms with van der Waals surface area (Å²) in [5.74, 6) is 0.0976. The molecule has 0 aromatic carbocycles. The van der Waals surface area contributed by atoms with E-state index in [1.165, 1.54) is 12.3 Å². The summed E-state index contributed by atoms with van der Waals surface area (Å²) in [5, 5.41) is 9.59. The van der Waals surface area contributed by atoms with Crippen LogP contribution in [0.3, 0.4) is 0 Å². The Hall–Kier alpha value is -2.71. The van der Waals surface area contributed by atoms with E-state index < -0.39 is 13.0 Å². The summed E-state index contributed by atoms with van der Waals surface area (Å²) in [6.45, 7) is 1.74. The number of hydrogen-bond acceptors (Lipinski definition) is 4. The highest BCUT2D eigenvalue weighted by molar-refractivity contribution is 5.73. The molecule has 24 heavy (non-hydrogen) atoms. The third-order valence-electron chi connectivity index (χ3n) is 3.14. The molecule has 2 N–H and O–H groups in total. The van der Waals surface area contributed by atoms with Gasteiger partial charge in [0.1, 0.15) is 0 Å². The number of hydrogen-bond donors (Lipinski definition) is 2. The van der Waals surface area contributed by atoms with Crippen molar-refractivity contribution in [1.29, 1.82) is 0 Å². The number of ether oxygens (including phenoxy) is 1. The van der Waals surface area contributed by atoms with Crippen molar-refractivity contribution in [2.75, 3.05) is 6.61 Å². The minimum Gasteiger partial charge on any atom is -0.472 e. The van der Waals surface area contributed by atoms with E-state index in [4.69, 9.17) is 4.74 Å². The standard InChI is InChI=1S/C15H19F2N5O2/c1-10-5-12(22(2)21-10)8-20-15(23)19-7-11-3-4-18-14(6-11)24-9-13(16)17/h3-6,13H,7-9H2,1-2H3,(H2,19,20,23). The highest BCUT2D eigenvalue weighted by Gasteiger charge is 2.07. The lowest BCUT2D eigenvalue weighted by atomic mass is 10.2. The van der Waals surface area contributed by atoms with Gasteiger partial charge in [0.2, 0.25) is 5.88 Å². The Kier molecular flexibility index (Phi) is 6.05. The Morgan fingerprint density at radius 1 is 1.33 bits per heavy atom. The maximum absolute atomic E-state index is 12.1. The van der Waals surface area contributed by atoms with Crippen LogP contribution in [0.4, 0.5) is 13.6 Å². The Labute approximate surface area is 138 Å². The first-order valence-electron chi connectivity index (χ1n) is 7.31. The predicted molar refractivity (Wildman–Crippen MR) is 82.8 cm³/mol. The Balaban J connectivity index is 1.79. The van der Waals surface area contributed by atoms with E-state index in [0.29, 0.717) is 12.1 Å². The average Bonchev–Trinajstić information content (AvgIpc) is 2.87. The number of amides is 2. The van der Waals surface area contributed by atoms with E-state index in [2.05, 4.69) is 20.7 Å². The zero-order valence-corrected chi connectivity index (χ0v) is 13.4. The average molecular weight is 339 g/mol. The quantitative estimate of drug-likeness (QED) is 0.805. The van der Waals surface area contributed by atoms with Gasteiger partial charge in [-0.3, -0.25) is 4.68 Å². The van der Waals surface area contributed by atoms with Gasteiger partial charge in [0.25, 0.3) is 6.43 Å². The fourth-order valence-electron chi connectivity index (χ4n) is 2.03. The summed E-state index contributed by atoms with van der Waals surface area (Å²) in [4.78, 5) is 15.6. The number of carbonyl (C=O) groups is 1. The maximum atomic E-state index is 12.1. The Morgan fingerprint density at radius 2 is 2.08 bits per heavy atom. The largest absolute Gasteiger partial charge is 0.472 e. The van der Waals surface area contributed by atoms with Crippen molar-refractivity contribution in [2.24, 2.45) is 7.05 Å². The lowest BCUT2D eigenvalue weighted by molar-refractivity contribution is 0.0795. The normalized spacial score (nSPS) is 10.7. The first kappa shape index (κ1) is 17.6. The number of rotatable bonds is 7. The van der Waals surface area contributed by atoms with E-state index in [9.17, 15) is 13.6 Å². The minimum atomic E-state index is -2.56. The molecule has 0 saturated heterocycles. The maximum Gasteiger partial charge on any atom is 0.315 e. The van der Waals surface area contributed by atoms with Crippen molar-refractivity contribution < 1.29 is 18.3 Å². The van der Waals surface area contributed by atoms with Crippen molar-refractivity contribution in [1.82, 2.24) is 25.4 Å². The number of nitrogens with one attached hydrogen (secondary N) is 2. The number of pyridine rings is 1. The number of urea groups is 1. The van der Waals surface area contributed by atoms with Crippen LogP contribution in [-0.2, 0) is 20.1 Å². The van der Waals surface area contributed by atoms with Gasteiger partial charge in [0, 0.05) is 25.9 Å². The second-order valence-electron chi connectivity index (χ2n) is 5.14. The lowest BCUT2D eigenvalue weighted by Crippen LogP contribution is -2.35. The molecule has 2 amide bonds. The van der Waals surface area contributed by atoms with Crippen molar-refractivity contribution >= 4 is 6.03 Å². The molecule has 0 bridgehead atoms. The Bertz CT molecular complexity index is 690. The van der Waals surface area contributed by atoms with Crippen molar-refractivity contribution in [3.63, 3.8) is 0 Å². The van der Waals surface area contributed by atoms with Gasteiger partial charge in [-0.15, -0.1) is 0 Å². The van der Waals surface area contributed by atoms with E-state index in [1.807, 2.05) is 13.0 Å². The first-order chi connectivity index (χ1) is 11.4. The number of nitrogens with zero attached hydrogens (tertiary/aromatic N) is 3. The van der Waals surface area contributed by atoms with Gasteiger partial charge in [0.15, 0.2) is 6.61 Å². The molecule has 0 aliphatic heterocycles. The van der Waals surface area contributed by atoms with Crippen LogP contribution >= 0.6 is 0 Å². The van der Waals surface area contributed by atoms with E-state index >= 15 is 0 Å². The van der Waals surface area contributed by atoms with Crippen molar-refractivity contribution in [3.8, 4) is 5.88 Å². The molecule has 0 aliphatic carbocycles. The lowest BCUT2D eigenvalue weighted by Gasteiger charge is -2.09. The molecule has 0 saturated carbocycles. The molecule has 0 atom stereocenters. The number of aromatic nitrogens is 3. The Morgan fingerprint density at radius 3 is 2.75 bits per heavy atom. The molecular formula is C15H19F2N5O2. The zero-order valence-electron chi connectivity index (χ0n) is 13.4. The van der Waals surface area contributed by atoms with Gasteiger partial charge < -0.3 is 15.4 Å². The number of carbonyl (C=O) groups excluding carboxylic acids is 1. The monoisotopic (exact) mass is 339 g/mol. The van der Waals surface area contributed by atoms with E-state index in [0.717, 1.165) is 11.4 Å². The smallest absolute Gasteiger partial charge is 0.315 e. The van der Waals surface area contributed by atoms with Crippen LogP contribution in [0, 0.1) is 6.92 Å². The summed E-state index contributed by atoms with van der Waals surface area (Å²) < 4.78 is 30.7. The van der Waals surface area contributed by atoms with E-state index in [1.54, 1.807) is 17.8 Å². The van der Waals surface area contributed by atoms with Crippen LogP contribution in [0.5, 0.6) is 5.88 Å². The molecule has 0 aliphatic rings. The molecule has 0 spiro atoms. The summed E-state index contributed by atoms with van der Waals surface area (Å²) in [5.41, 5.74) is 2.46. The first-order valence-corrected chi connectivity index (χ1v) is 7.31. The second-order valence-corrected chi connectivity index (χ2v) is 5.14. The summed E-state index contributed by atoms with van der Waals surface area (Å²) >= 11 is 0. The zero-order chi connectivity index (χ0) is 17.5. The fraction of sp³-hybridized carbons (Fsp3) is 0.400. The van der Waals surface area contributed by atoms with Gasteiger partial charge in [0.05, 0.1) is 17.9 Å². The third kappa shape index (κ3) is 5.49. The van der Waals surface area contributed by atoms with Gasteiger partial charge in [-0.2, -0.15) is 5.10 Å². The third-order valence-corrected chi connectivity index (χ3v) is 3.14. The molecule has 2 aromatic heterocycles. The molecule has 0 radical (unpaired) electrons. The summed E-state index contributed by atoms with van der Waals surface area (Å²) in [6.07, 6.45) is -1.12. The second kappa shape index (κ2) is 8.23. The van der Waals surface area contributed by atoms with Crippen LogP contribution in [0.25, 0.3) is 0 Å². The fourth-order valence-corrected chi connectivity index (χ4v) is 2.03. The molecule has 130 valence electrons. The molecule has 2 heterocycles. The minimum absolute atomic E-state index is 0.0976. The van der Waals surface area contributed by atoms with Crippen LogP contribution in [0.2, 0.25) is 0 Å². The molecule has 2 rings (SSSR count). The number of aryl methyl sites for hydroxylation is 2.